The predicted molar refractivity (Wildman–Crippen MR) is 77.6 cm³/mol. The van der Waals surface area contributed by atoms with Gasteiger partial charge in [0.25, 0.3) is 0 Å². The summed E-state index contributed by atoms with van der Waals surface area (Å²) in [4.78, 5) is 16.9. The molecule has 0 atom stereocenters. The second-order valence-corrected chi connectivity index (χ2v) is 4.93. The van der Waals surface area contributed by atoms with Gasteiger partial charge in [0.15, 0.2) is 0 Å². The summed E-state index contributed by atoms with van der Waals surface area (Å²) in [6.07, 6.45) is 1.01. The fraction of sp³-hybridized carbons (Fsp3) is 0.500. The van der Waals surface area contributed by atoms with Crippen molar-refractivity contribution in [2.24, 2.45) is 5.11 Å². The summed E-state index contributed by atoms with van der Waals surface area (Å²) in [5.74, 6) is 0.0569. The third-order valence-electron chi connectivity index (χ3n) is 3.53. The number of likely N-dealkylation sites (tertiary alicyclic amines) is 1. The Labute approximate surface area is 118 Å². The molecule has 0 aromatic heterocycles. The van der Waals surface area contributed by atoms with E-state index in [1.54, 1.807) is 6.07 Å². The minimum atomic E-state index is 0.0569. The van der Waals surface area contributed by atoms with Gasteiger partial charge in [-0.2, -0.15) is 0 Å². The van der Waals surface area contributed by atoms with Gasteiger partial charge >= 0.3 is 0 Å². The van der Waals surface area contributed by atoms with E-state index in [-0.39, 0.29) is 11.9 Å². The smallest absolute Gasteiger partial charge is 0.220 e. The zero-order valence-corrected chi connectivity index (χ0v) is 11.6. The lowest BCUT2D eigenvalue weighted by molar-refractivity contribution is -0.122. The molecule has 1 aromatic carbocycles. The van der Waals surface area contributed by atoms with Crippen LogP contribution in [0.3, 0.4) is 0 Å². The third-order valence-corrected chi connectivity index (χ3v) is 3.53. The molecule has 1 N–H and O–H groups in total. The van der Waals surface area contributed by atoms with Gasteiger partial charge in [-0.3, -0.25) is 9.69 Å². The van der Waals surface area contributed by atoms with Crippen molar-refractivity contribution in [1.29, 1.82) is 0 Å². The molecule has 1 amide bonds. The number of nitrogens with zero attached hydrogens (tertiary/aromatic N) is 4. The van der Waals surface area contributed by atoms with Crippen molar-refractivity contribution in [2.45, 2.75) is 25.8 Å². The van der Waals surface area contributed by atoms with E-state index < -0.39 is 0 Å². The van der Waals surface area contributed by atoms with Crippen molar-refractivity contribution in [1.82, 2.24) is 10.2 Å². The van der Waals surface area contributed by atoms with Crippen LogP contribution in [0.15, 0.2) is 29.4 Å². The molecule has 1 saturated heterocycles. The van der Waals surface area contributed by atoms with Crippen molar-refractivity contribution in [3.63, 3.8) is 0 Å². The molecule has 2 rings (SSSR count). The molecule has 1 aliphatic heterocycles. The number of likely N-dealkylation sites (N-methyl/N-ethyl adjacent to an activating group) is 1. The average Bonchev–Trinajstić information content (AvgIpc) is 2.41. The first-order chi connectivity index (χ1) is 9.72. The number of carbonyl (C=O) groups is 1. The van der Waals surface area contributed by atoms with Crippen LogP contribution >= 0.6 is 0 Å². The van der Waals surface area contributed by atoms with Crippen molar-refractivity contribution >= 4 is 11.6 Å². The number of rotatable bonds is 6. The monoisotopic (exact) mass is 273 g/mol. The Kier molecular flexibility index (Phi) is 4.98. The minimum absolute atomic E-state index is 0.0569. The van der Waals surface area contributed by atoms with E-state index in [9.17, 15) is 4.79 Å². The Morgan fingerprint density at radius 1 is 1.50 bits per heavy atom. The highest BCUT2D eigenvalue weighted by Crippen LogP contribution is 2.20. The molecule has 0 spiro atoms. The Balaban J connectivity index is 1.80. The number of benzene rings is 1. The summed E-state index contributed by atoms with van der Waals surface area (Å²) < 4.78 is 0. The van der Waals surface area contributed by atoms with Crippen molar-refractivity contribution < 1.29 is 4.79 Å². The summed E-state index contributed by atoms with van der Waals surface area (Å²) in [7, 11) is 0. The van der Waals surface area contributed by atoms with Gasteiger partial charge in [-0.1, -0.05) is 36.3 Å². The van der Waals surface area contributed by atoms with E-state index in [1.807, 2.05) is 18.2 Å². The zero-order chi connectivity index (χ0) is 14.4. The highest BCUT2D eigenvalue weighted by Gasteiger charge is 2.26. The van der Waals surface area contributed by atoms with E-state index in [1.165, 1.54) is 0 Å². The molecule has 0 bridgehead atoms. The van der Waals surface area contributed by atoms with Gasteiger partial charge in [-0.25, -0.2) is 0 Å². The molecule has 1 aromatic rings. The van der Waals surface area contributed by atoms with Gasteiger partial charge < -0.3 is 5.32 Å². The van der Waals surface area contributed by atoms with E-state index in [0.717, 1.165) is 25.2 Å². The Morgan fingerprint density at radius 3 is 2.95 bits per heavy atom. The summed E-state index contributed by atoms with van der Waals surface area (Å²) in [5.41, 5.74) is 10.0. The summed E-state index contributed by atoms with van der Waals surface area (Å²) in [5, 5.41) is 6.65. The van der Waals surface area contributed by atoms with Crippen molar-refractivity contribution in [2.75, 3.05) is 19.6 Å². The zero-order valence-electron chi connectivity index (χ0n) is 11.6. The quantitative estimate of drug-likeness (QED) is 0.490. The molecule has 0 unspecified atom stereocenters. The summed E-state index contributed by atoms with van der Waals surface area (Å²) in [6.45, 7) is 5.03. The molecule has 0 aliphatic carbocycles. The van der Waals surface area contributed by atoms with E-state index >= 15 is 0 Å². The molecule has 6 heteroatoms. The average molecular weight is 273 g/mol. The molecule has 0 radical (unpaired) electrons. The van der Waals surface area contributed by atoms with Crippen LogP contribution in [0.5, 0.6) is 0 Å². The topological polar surface area (TPSA) is 81.1 Å². The van der Waals surface area contributed by atoms with Crippen LogP contribution in [0.4, 0.5) is 5.69 Å². The number of carbonyl (C=O) groups excluding carboxylic acids is 1. The maximum atomic E-state index is 11.9. The number of aryl methyl sites for hydroxylation is 1. The highest BCUT2D eigenvalue weighted by molar-refractivity contribution is 5.77. The van der Waals surface area contributed by atoms with Crippen molar-refractivity contribution in [3.8, 4) is 0 Å². The first kappa shape index (κ1) is 14.4. The van der Waals surface area contributed by atoms with Crippen LogP contribution in [0, 0.1) is 0 Å². The lowest BCUT2D eigenvalue weighted by Gasteiger charge is -2.38. The van der Waals surface area contributed by atoms with Gasteiger partial charge in [0.2, 0.25) is 5.91 Å². The van der Waals surface area contributed by atoms with Gasteiger partial charge in [-0.05, 0) is 24.1 Å². The third kappa shape index (κ3) is 3.73. The lowest BCUT2D eigenvalue weighted by atomic mass is 10.1. The number of amides is 1. The molecule has 106 valence electrons. The van der Waals surface area contributed by atoms with E-state index in [2.05, 4.69) is 27.2 Å². The SMILES string of the molecule is CCN1CC(NC(=O)CCc2ccccc2N=[N+]=[N-])C1. The molecule has 20 heavy (non-hydrogen) atoms. The molecule has 0 saturated carbocycles. The van der Waals surface area contributed by atoms with E-state index in [0.29, 0.717) is 18.5 Å². The molecule has 1 heterocycles. The van der Waals surface area contributed by atoms with Crippen LogP contribution in [0.1, 0.15) is 18.9 Å². The Bertz CT molecular complexity index is 518. The molecule has 1 fully saturated rings. The van der Waals surface area contributed by atoms with Gasteiger partial charge in [0.05, 0.1) is 6.04 Å². The minimum Gasteiger partial charge on any atom is -0.351 e. The Morgan fingerprint density at radius 2 is 2.25 bits per heavy atom. The number of azide groups is 1. The molecule has 1 aliphatic rings. The summed E-state index contributed by atoms with van der Waals surface area (Å²) >= 11 is 0. The lowest BCUT2D eigenvalue weighted by Crippen LogP contribution is -2.58. The largest absolute Gasteiger partial charge is 0.351 e. The maximum absolute atomic E-state index is 11.9. The van der Waals surface area contributed by atoms with Crippen molar-refractivity contribution in [3.05, 3.63) is 40.3 Å². The van der Waals surface area contributed by atoms with Gasteiger partial charge in [-0.15, -0.1) is 0 Å². The number of hydrogen-bond donors (Lipinski definition) is 1. The second-order valence-electron chi connectivity index (χ2n) is 4.93. The highest BCUT2D eigenvalue weighted by atomic mass is 16.1. The Hall–Kier alpha value is -2.04. The normalized spacial score (nSPS) is 15.2. The fourth-order valence-corrected chi connectivity index (χ4v) is 2.34. The fourth-order valence-electron chi connectivity index (χ4n) is 2.34. The first-order valence-corrected chi connectivity index (χ1v) is 6.87. The maximum Gasteiger partial charge on any atom is 0.220 e. The van der Waals surface area contributed by atoms with E-state index in [4.69, 9.17) is 5.53 Å². The molecule has 6 nitrogen and oxygen atoms in total. The number of nitrogens with one attached hydrogen (secondary N) is 1. The number of hydrogen-bond acceptors (Lipinski definition) is 3. The predicted octanol–water partition coefficient (Wildman–Crippen LogP) is 2.38. The van der Waals surface area contributed by atoms with Crippen LogP contribution in [0.2, 0.25) is 0 Å². The van der Waals surface area contributed by atoms with Crippen LogP contribution in [-0.2, 0) is 11.2 Å². The van der Waals surface area contributed by atoms with Crippen LogP contribution in [-0.4, -0.2) is 36.5 Å². The first-order valence-electron chi connectivity index (χ1n) is 6.87. The molecular weight excluding hydrogens is 254 g/mol. The summed E-state index contributed by atoms with van der Waals surface area (Å²) in [6, 6.07) is 7.64. The van der Waals surface area contributed by atoms with Gasteiger partial charge in [0.1, 0.15) is 0 Å². The van der Waals surface area contributed by atoms with Gasteiger partial charge in [0, 0.05) is 30.1 Å². The molecular formula is C14H19N5O. The standard InChI is InChI=1S/C14H19N5O/c1-2-19-9-12(10-19)16-14(20)8-7-11-5-3-4-6-13(11)17-18-15/h3-6,12H,2,7-10H2,1H3,(H,16,20). The van der Waals surface area contributed by atoms with Crippen LogP contribution in [0.25, 0.3) is 10.4 Å². The second kappa shape index (κ2) is 6.93. The van der Waals surface area contributed by atoms with Crippen LogP contribution < -0.4 is 5.32 Å².